The first kappa shape index (κ1) is 15.7. The standard InChI is InChI=1S/C17H22N4O2/c1-13(22)18-17-8-10-21(19-17)15-7-9-20(11-15)12-16(23)14-5-3-2-4-6-14/h2-6,8,10,15-16,23H,7,9,11-12H2,1H3,(H,18,19,22)/t15-,16+/m1/s1. The van der Waals surface area contributed by atoms with Crippen molar-refractivity contribution >= 4 is 11.7 Å². The van der Waals surface area contributed by atoms with E-state index in [1.807, 2.05) is 47.3 Å². The lowest BCUT2D eigenvalue weighted by Crippen LogP contribution is -2.27. The molecule has 1 aliphatic rings. The Kier molecular flexibility index (Phi) is 4.73. The van der Waals surface area contributed by atoms with Gasteiger partial charge in [0.15, 0.2) is 5.82 Å². The number of hydrogen-bond acceptors (Lipinski definition) is 4. The van der Waals surface area contributed by atoms with Gasteiger partial charge in [-0.25, -0.2) is 0 Å². The van der Waals surface area contributed by atoms with Gasteiger partial charge in [0.2, 0.25) is 5.91 Å². The number of anilines is 1. The van der Waals surface area contributed by atoms with Crippen molar-refractivity contribution in [2.45, 2.75) is 25.5 Å². The maximum absolute atomic E-state index is 11.1. The van der Waals surface area contributed by atoms with Crippen LogP contribution in [0.25, 0.3) is 0 Å². The van der Waals surface area contributed by atoms with Crippen LogP contribution in [-0.4, -0.2) is 45.3 Å². The molecule has 3 rings (SSSR count). The van der Waals surface area contributed by atoms with Crippen LogP contribution in [0.1, 0.15) is 31.1 Å². The molecule has 2 N–H and O–H groups in total. The molecule has 0 bridgehead atoms. The summed E-state index contributed by atoms with van der Waals surface area (Å²) < 4.78 is 1.90. The van der Waals surface area contributed by atoms with E-state index in [1.165, 1.54) is 6.92 Å². The Labute approximate surface area is 135 Å². The third-order valence-electron chi connectivity index (χ3n) is 4.15. The summed E-state index contributed by atoms with van der Waals surface area (Å²) in [6, 6.07) is 11.8. The zero-order valence-electron chi connectivity index (χ0n) is 13.2. The number of aliphatic hydroxyl groups is 1. The van der Waals surface area contributed by atoms with Crippen molar-refractivity contribution in [1.29, 1.82) is 0 Å². The molecular formula is C17H22N4O2. The van der Waals surface area contributed by atoms with E-state index in [4.69, 9.17) is 0 Å². The van der Waals surface area contributed by atoms with E-state index in [1.54, 1.807) is 0 Å². The van der Waals surface area contributed by atoms with E-state index >= 15 is 0 Å². The first-order chi connectivity index (χ1) is 11.1. The molecule has 1 saturated heterocycles. The van der Waals surface area contributed by atoms with Crippen molar-refractivity contribution in [3.63, 3.8) is 0 Å². The SMILES string of the molecule is CC(=O)Nc1ccn([C@@H]2CCN(C[C@H](O)c3ccccc3)C2)n1. The quantitative estimate of drug-likeness (QED) is 0.883. The van der Waals surface area contributed by atoms with Gasteiger partial charge in [-0.05, 0) is 12.0 Å². The number of carbonyl (C=O) groups excluding carboxylic acids is 1. The van der Waals surface area contributed by atoms with Crippen LogP contribution in [-0.2, 0) is 4.79 Å². The van der Waals surface area contributed by atoms with Crippen LogP contribution in [0.2, 0.25) is 0 Å². The van der Waals surface area contributed by atoms with Gasteiger partial charge < -0.3 is 10.4 Å². The summed E-state index contributed by atoms with van der Waals surface area (Å²) >= 11 is 0. The van der Waals surface area contributed by atoms with E-state index in [0.29, 0.717) is 12.4 Å². The fraction of sp³-hybridized carbons (Fsp3) is 0.412. The molecule has 122 valence electrons. The van der Waals surface area contributed by atoms with E-state index in [-0.39, 0.29) is 11.9 Å². The van der Waals surface area contributed by atoms with Gasteiger partial charge in [0.25, 0.3) is 0 Å². The van der Waals surface area contributed by atoms with Crippen LogP contribution in [0.15, 0.2) is 42.6 Å². The summed E-state index contributed by atoms with van der Waals surface area (Å²) in [5, 5.41) is 17.4. The molecule has 2 aromatic rings. The minimum atomic E-state index is -0.470. The van der Waals surface area contributed by atoms with Gasteiger partial charge in [-0.1, -0.05) is 30.3 Å². The second kappa shape index (κ2) is 6.93. The predicted molar refractivity (Wildman–Crippen MR) is 88.0 cm³/mol. The lowest BCUT2D eigenvalue weighted by Gasteiger charge is -2.20. The lowest BCUT2D eigenvalue weighted by molar-refractivity contribution is -0.114. The van der Waals surface area contributed by atoms with Crippen LogP contribution in [0.4, 0.5) is 5.82 Å². The van der Waals surface area contributed by atoms with Crippen molar-refractivity contribution in [2.75, 3.05) is 25.0 Å². The van der Waals surface area contributed by atoms with Crippen molar-refractivity contribution < 1.29 is 9.90 Å². The number of amides is 1. The Bertz CT molecular complexity index is 656. The molecule has 2 heterocycles. The highest BCUT2D eigenvalue weighted by atomic mass is 16.3. The summed E-state index contributed by atoms with van der Waals surface area (Å²) in [7, 11) is 0. The molecule has 1 fully saturated rings. The minimum Gasteiger partial charge on any atom is -0.387 e. The average molecular weight is 314 g/mol. The molecular weight excluding hydrogens is 292 g/mol. The topological polar surface area (TPSA) is 70.4 Å². The first-order valence-corrected chi connectivity index (χ1v) is 7.90. The summed E-state index contributed by atoms with van der Waals surface area (Å²) in [5.41, 5.74) is 0.947. The zero-order valence-corrected chi connectivity index (χ0v) is 13.2. The molecule has 23 heavy (non-hydrogen) atoms. The Morgan fingerprint density at radius 1 is 1.39 bits per heavy atom. The largest absolute Gasteiger partial charge is 0.387 e. The first-order valence-electron chi connectivity index (χ1n) is 7.90. The fourth-order valence-electron chi connectivity index (χ4n) is 3.01. The Morgan fingerprint density at radius 3 is 2.91 bits per heavy atom. The number of nitrogens with zero attached hydrogens (tertiary/aromatic N) is 3. The number of aliphatic hydroxyl groups excluding tert-OH is 1. The Hall–Kier alpha value is -2.18. The van der Waals surface area contributed by atoms with Gasteiger partial charge in [0.1, 0.15) is 0 Å². The van der Waals surface area contributed by atoms with E-state index in [9.17, 15) is 9.90 Å². The maximum Gasteiger partial charge on any atom is 0.222 e. The van der Waals surface area contributed by atoms with Crippen LogP contribution in [0.3, 0.4) is 0 Å². The average Bonchev–Trinajstić information content (AvgIpc) is 3.17. The number of carbonyl (C=O) groups is 1. The third-order valence-corrected chi connectivity index (χ3v) is 4.15. The number of likely N-dealkylation sites (tertiary alicyclic amines) is 1. The molecule has 2 atom stereocenters. The molecule has 6 heteroatoms. The number of benzene rings is 1. The monoisotopic (exact) mass is 314 g/mol. The molecule has 0 unspecified atom stereocenters. The van der Waals surface area contributed by atoms with Crippen molar-refractivity contribution in [2.24, 2.45) is 0 Å². The molecule has 1 aliphatic heterocycles. The number of aromatic nitrogens is 2. The second-order valence-corrected chi connectivity index (χ2v) is 5.99. The number of hydrogen-bond donors (Lipinski definition) is 2. The molecule has 0 aliphatic carbocycles. The molecule has 0 spiro atoms. The summed E-state index contributed by atoms with van der Waals surface area (Å²) in [5.74, 6) is 0.467. The molecule has 1 amide bonds. The fourth-order valence-corrected chi connectivity index (χ4v) is 3.01. The normalized spacial score (nSPS) is 19.7. The molecule has 1 aromatic heterocycles. The van der Waals surface area contributed by atoms with Gasteiger partial charge in [-0.2, -0.15) is 5.10 Å². The van der Waals surface area contributed by atoms with Gasteiger partial charge in [-0.15, -0.1) is 0 Å². The van der Waals surface area contributed by atoms with Crippen LogP contribution in [0.5, 0.6) is 0 Å². The van der Waals surface area contributed by atoms with Gasteiger partial charge >= 0.3 is 0 Å². The summed E-state index contributed by atoms with van der Waals surface area (Å²) in [6.07, 6.45) is 2.41. The lowest BCUT2D eigenvalue weighted by atomic mass is 10.1. The summed E-state index contributed by atoms with van der Waals surface area (Å²) in [4.78, 5) is 13.3. The number of rotatable bonds is 5. The van der Waals surface area contributed by atoms with Gasteiger partial charge in [-0.3, -0.25) is 14.4 Å². The highest BCUT2D eigenvalue weighted by molar-refractivity contribution is 5.87. The van der Waals surface area contributed by atoms with Crippen molar-refractivity contribution in [3.05, 3.63) is 48.2 Å². The van der Waals surface area contributed by atoms with Crippen molar-refractivity contribution in [3.8, 4) is 0 Å². The van der Waals surface area contributed by atoms with E-state index in [2.05, 4.69) is 15.3 Å². The minimum absolute atomic E-state index is 0.116. The Balaban J connectivity index is 1.56. The highest BCUT2D eigenvalue weighted by Crippen LogP contribution is 2.24. The third kappa shape index (κ3) is 3.97. The number of β-amino-alcohol motifs (C(OH)–C–C–N with tert-alkyl or cyclic N) is 1. The smallest absolute Gasteiger partial charge is 0.222 e. The second-order valence-electron chi connectivity index (χ2n) is 5.99. The predicted octanol–water partition coefficient (Wildman–Crippen LogP) is 1.82. The Morgan fingerprint density at radius 2 is 2.17 bits per heavy atom. The van der Waals surface area contributed by atoms with Crippen LogP contribution in [0, 0.1) is 0 Å². The van der Waals surface area contributed by atoms with E-state index in [0.717, 1.165) is 25.1 Å². The van der Waals surface area contributed by atoms with Gasteiger partial charge in [0, 0.05) is 38.8 Å². The highest BCUT2D eigenvalue weighted by Gasteiger charge is 2.26. The van der Waals surface area contributed by atoms with Crippen molar-refractivity contribution in [1.82, 2.24) is 14.7 Å². The molecule has 6 nitrogen and oxygen atoms in total. The van der Waals surface area contributed by atoms with E-state index < -0.39 is 6.10 Å². The molecule has 0 radical (unpaired) electrons. The maximum atomic E-state index is 11.1. The molecule has 1 aromatic carbocycles. The van der Waals surface area contributed by atoms with Gasteiger partial charge in [0.05, 0.1) is 12.1 Å². The summed E-state index contributed by atoms with van der Waals surface area (Å²) in [6.45, 7) is 3.89. The number of nitrogens with one attached hydrogen (secondary N) is 1. The zero-order chi connectivity index (χ0) is 16.2. The molecule has 0 saturated carbocycles. The van der Waals surface area contributed by atoms with Crippen LogP contribution >= 0.6 is 0 Å². The van der Waals surface area contributed by atoms with Crippen LogP contribution < -0.4 is 5.32 Å².